The Balaban J connectivity index is 1.76. The molecular weight excluding hydrogens is 294 g/mol. The minimum absolute atomic E-state index is 0.0485. The van der Waals surface area contributed by atoms with Crippen LogP contribution >= 0.6 is 11.8 Å². The molecule has 0 saturated carbocycles. The summed E-state index contributed by atoms with van der Waals surface area (Å²) in [6.07, 6.45) is 2.83. The van der Waals surface area contributed by atoms with Gasteiger partial charge in [0.1, 0.15) is 5.75 Å². The van der Waals surface area contributed by atoms with Crippen LogP contribution in [0.15, 0.2) is 59.5 Å². The molecule has 0 atom stereocenters. The first-order chi connectivity index (χ1) is 10.7. The Morgan fingerprint density at radius 2 is 1.77 bits per heavy atom. The zero-order chi connectivity index (χ0) is 15.8. The molecule has 0 spiro atoms. The van der Waals surface area contributed by atoms with E-state index in [0.29, 0.717) is 13.2 Å². The van der Waals surface area contributed by atoms with Crippen molar-refractivity contribution in [1.82, 2.24) is 4.90 Å². The third kappa shape index (κ3) is 4.81. The number of benzene rings is 2. The monoisotopic (exact) mass is 315 g/mol. The number of hydrogen-bond acceptors (Lipinski definition) is 3. The topological polar surface area (TPSA) is 29.5 Å². The van der Waals surface area contributed by atoms with E-state index in [4.69, 9.17) is 4.74 Å². The lowest BCUT2D eigenvalue weighted by Gasteiger charge is -2.17. The molecule has 22 heavy (non-hydrogen) atoms. The van der Waals surface area contributed by atoms with Gasteiger partial charge in [0.2, 0.25) is 0 Å². The van der Waals surface area contributed by atoms with Crippen LogP contribution in [0.4, 0.5) is 0 Å². The van der Waals surface area contributed by atoms with Gasteiger partial charge in [-0.1, -0.05) is 18.2 Å². The number of thioether (sulfide) groups is 1. The summed E-state index contributed by atoms with van der Waals surface area (Å²) < 4.78 is 5.63. The number of para-hydroxylation sites is 1. The predicted molar refractivity (Wildman–Crippen MR) is 91.7 cm³/mol. The van der Waals surface area contributed by atoms with Crippen LogP contribution in [-0.2, 0) is 0 Å². The van der Waals surface area contributed by atoms with Crippen molar-refractivity contribution in [3.05, 3.63) is 60.2 Å². The molecule has 2 aromatic rings. The molecule has 2 rings (SSSR count). The van der Waals surface area contributed by atoms with Crippen LogP contribution in [0.1, 0.15) is 16.8 Å². The summed E-state index contributed by atoms with van der Waals surface area (Å²) >= 11 is 1.67. The lowest BCUT2D eigenvalue weighted by molar-refractivity contribution is 0.0788. The van der Waals surface area contributed by atoms with E-state index in [1.54, 1.807) is 16.7 Å². The summed E-state index contributed by atoms with van der Waals surface area (Å²) in [6.45, 7) is 1.28. The first-order valence-electron chi connectivity index (χ1n) is 7.28. The molecule has 0 aromatic heterocycles. The highest BCUT2D eigenvalue weighted by Crippen LogP contribution is 2.15. The van der Waals surface area contributed by atoms with Gasteiger partial charge in [0.15, 0.2) is 0 Å². The molecule has 116 valence electrons. The second kappa shape index (κ2) is 8.49. The summed E-state index contributed by atoms with van der Waals surface area (Å²) in [5.41, 5.74) is 0.726. The number of hydrogen-bond donors (Lipinski definition) is 0. The average Bonchev–Trinajstić information content (AvgIpc) is 2.59. The number of amides is 1. The number of carbonyl (C=O) groups excluding carboxylic acids is 1. The normalized spacial score (nSPS) is 10.3. The molecule has 4 heteroatoms. The second-order valence-electron chi connectivity index (χ2n) is 4.97. The van der Waals surface area contributed by atoms with Crippen molar-refractivity contribution in [3.8, 4) is 5.75 Å². The Morgan fingerprint density at radius 1 is 1.09 bits per heavy atom. The number of nitrogens with zero attached hydrogens (tertiary/aromatic N) is 1. The Morgan fingerprint density at radius 3 is 2.41 bits per heavy atom. The summed E-state index contributed by atoms with van der Waals surface area (Å²) in [5.74, 6) is 0.913. The molecule has 0 heterocycles. The largest absolute Gasteiger partial charge is 0.494 e. The van der Waals surface area contributed by atoms with Gasteiger partial charge in [-0.25, -0.2) is 0 Å². The third-order valence-electron chi connectivity index (χ3n) is 3.33. The van der Waals surface area contributed by atoms with Crippen LogP contribution in [0.25, 0.3) is 0 Å². The van der Waals surface area contributed by atoms with E-state index in [2.05, 4.69) is 0 Å². The smallest absolute Gasteiger partial charge is 0.253 e. The fourth-order valence-corrected chi connectivity index (χ4v) is 2.47. The first kappa shape index (κ1) is 16.4. The number of ether oxygens (including phenoxy) is 1. The maximum absolute atomic E-state index is 12.3. The molecule has 0 N–H and O–H groups in total. The van der Waals surface area contributed by atoms with E-state index >= 15 is 0 Å². The zero-order valence-electron chi connectivity index (χ0n) is 13.0. The van der Waals surface area contributed by atoms with Crippen LogP contribution in [0.5, 0.6) is 5.75 Å². The number of carbonyl (C=O) groups is 1. The van der Waals surface area contributed by atoms with E-state index in [9.17, 15) is 4.79 Å². The molecule has 0 aliphatic rings. The summed E-state index contributed by atoms with van der Waals surface area (Å²) in [5, 5.41) is 0. The second-order valence-corrected chi connectivity index (χ2v) is 5.85. The van der Waals surface area contributed by atoms with Gasteiger partial charge in [-0.2, -0.15) is 0 Å². The van der Waals surface area contributed by atoms with Crippen molar-refractivity contribution >= 4 is 17.7 Å². The van der Waals surface area contributed by atoms with Crippen molar-refractivity contribution in [3.63, 3.8) is 0 Å². The molecule has 0 saturated heterocycles. The standard InChI is InChI=1S/C18H21NO2S/c1-19(13-6-14-21-16-7-4-3-5-8-16)18(20)15-9-11-17(22-2)12-10-15/h3-5,7-12H,6,13-14H2,1-2H3. The van der Waals surface area contributed by atoms with Crippen LogP contribution in [0, 0.1) is 0 Å². The Hall–Kier alpha value is -1.94. The predicted octanol–water partition coefficient (Wildman–Crippen LogP) is 3.95. The molecule has 3 nitrogen and oxygen atoms in total. The van der Waals surface area contributed by atoms with Gasteiger partial charge in [0.05, 0.1) is 6.61 Å². The highest BCUT2D eigenvalue weighted by molar-refractivity contribution is 7.98. The van der Waals surface area contributed by atoms with Crippen molar-refractivity contribution in [2.24, 2.45) is 0 Å². The quantitative estimate of drug-likeness (QED) is 0.572. The SMILES string of the molecule is CSc1ccc(C(=O)N(C)CCCOc2ccccc2)cc1. The van der Waals surface area contributed by atoms with E-state index in [1.807, 2.05) is 67.9 Å². The molecule has 0 aliphatic heterocycles. The summed E-state index contributed by atoms with van der Waals surface area (Å²) in [7, 11) is 1.83. The molecule has 2 aromatic carbocycles. The van der Waals surface area contributed by atoms with Gasteiger partial charge in [-0.05, 0) is 49.1 Å². The van der Waals surface area contributed by atoms with Gasteiger partial charge in [-0.3, -0.25) is 4.79 Å². The van der Waals surface area contributed by atoms with Crippen molar-refractivity contribution in [2.75, 3.05) is 26.5 Å². The lowest BCUT2D eigenvalue weighted by atomic mass is 10.2. The summed E-state index contributed by atoms with van der Waals surface area (Å²) in [6, 6.07) is 17.4. The Labute approximate surface area is 136 Å². The maximum atomic E-state index is 12.3. The van der Waals surface area contributed by atoms with Gasteiger partial charge in [-0.15, -0.1) is 11.8 Å². The molecule has 0 radical (unpaired) electrons. The van der Waals surface area contributed by atoms with E-state index in [1.165, 1.54) is 0 Å². The molecule has 0 unspecified atom stereocenters. The van der Waals surface area contributed by atoms with Gasteiger partial charge < -0.3 is 9.64 Å². The first-order valence-corrected chi connectivity index (χ1v) is 8.50. The maximum Gasteiger partial charge on any atom is 0.253 e. The molecule has 1 amide bonds. The van der Waals surface area contributed by atoms with E-state index in [-0.39, 0.29) is 5.91 Å². The van der Waals surface area contributed by atoms with Gasteiger partial charge >= 0.3 is 0 Å². The lowest BCUT2D eigenvalue weighted by Crippen LogP contribution is -2.28. The highest BCUT2D eigenvalue weighted by atomic mass is 32.2. The van der Waals surface area contributed by atoms with Gasteiger partial charge in [0, 0.05) is 24.1 Å². The Kier molecular flexibility index (Phi) is 6.34. The van der Waals surface area contributed by atoms with Gasteiger partial charge in [0.25, 0.3) is 5.91 Å². The fraction of sp³-hybridized carbons (Fsp3) is 0.278. The van der Waals surface area contributed by atoms with Crippen LogP contribution in [-0.4, -0.2) is 37.3 Å². The van der Waals surface area contributed by atoms with Crippen molar-refractivity contribution in [1.29, 1.82) is 0 Å². The minimum atomic E-state index is 0.0485. The number of rotatable bonds is 7. The molecule has 0 bridgehead atoms. The van der Waals surface area contributed by atoms with Crippen LogP contribution in [0.2, 0.25) is 0 Å². The van der Waals surface area contributed by atoms with E-state index in [0.717, 1.165) is 22.6 Å². The highest BCUT2D eigenvalue weighted by Gasteiger charge is 2.11. The Bertz CT molecular complexity index is 584. The molecule has 0 fully saturated rings. The van der Waals surface area contributed by atoms with Crippen molar-refractivity contribution < 1.29 is 9.53 Å². The molecule has 0 aliphatic carbocycles. The van der Waals surface area contributed by atoms with Crippen LogP contribution in [0.3, 0.4) is 0 Å². The van der Waals surface area contributed by atoms with Crippen LogP contribution < -0.4 is 4.74 Å². The summed E-state index contributed by atoms with van der Waals surface area (Å²) in [4.78, 5) is 15.2. The zero-order valence-corrected chi connectivity index (χ0v) is 13.8. The van der Waals surface area contributed by atoms with E-state index < -0.39 is 0 Å². The average molecular weight is 315 g/mol. The third-order valence-corrected chi connectivity index (χ3v) is 4.08. The van der Waals surface area contributed by atoms with Crippen molar-refractivity contribution in [2.45, 2.75) is 11.3 Å². The minimum Gasteiger partial charge on any atom is -0.494 e. The fourth-order valence-electron chi connectivity index (χ4n) is 2.06. The molecular formula is C18H21NO2S.